The van der Waals surface area contributed by atoms with E-state index in [1.165, 1.54) is 0 Å². The molecule has 1 N–H and O–H groups in total. The lowest BCUT2D eigenvalue weighted by Crippen LogP contribution is -2.33. The maximum atomic E-state index is 5.97. The first-order chi connectivity index (χ1) is 8.19. The fourth-order valence-corrected chi connectivity index (χ4v) is 2.61. The Kier molecular flexibility index (Phi) is 4.71. The fraction of sp³-hybridized carbons (Fsp3) is 0.538. The van der Waals surface area contributed by atoms with Crippen molar-refractivity contribution in [3.05, 3.63) is 27.7 Å². The van der Waals surface area contributed by atoms with E-state index in [2.05, 4.69) is 28.2 Å². The summed E-state index contributed by atoms with van der Waals surface area (Å²) in [4.78, 5) is 0. The normalized spacial score (nSPS) is 24.6. The van der Waals surface area contributed by atoms with Gasteiger partial charge in [0.2, 0.25) is 0 Å². The zero-order valence-corrected chi connectivity index (χ0v) is 12.2. The highest BCUT2D eigenvalue weighted by molar-refractivity contribution is 9.10. The van der Waals surface area contributed by atoms with Gasteiger partial charge in [-0.25, -0.2) is 0 Å². The molecule has 0 saturated carbocycles. The average molecular weight is 319 g/mol. The van der Waals surface area contributed by atoms with Gasteiger partial charge in [-0.1, -0.05) is 18.5 Å². The maximum Gasteiger partial charge on any atom is 0.0592 e. The van der Waals surface area contributed by atoms with Crippen LogP contribution < -0.4 is 5.32 Å². The minimum absolute atomic E-state index is 0.400. The monoisotopic (exact) mass is 317 g/mol. The molecule has 0 amide bonds. The third kappa shape index (κ3) is 3.60. The maximum absolute atomic E-state index is 5.97. The number of ether oxygens (including phenoxy) is 1. The number of benzene rings is 1. The van der Waals surface area contributed by atoms with Crippen LogP contribution >= 0.6 is 27.5 Å². The summed E-state index contributed by atoms with van der Waals surface area (Å²) >= 11 is 9.41. The molecule has 0 aromatic heterocycles. The number of hydrogen-bond acceptors (Lipinski definition) is 2. The second kappa shape index (κ2) is 6.07. The summed E-state index contributed by atoms with van der Waals surface area (Å²) < 4.78 is 6.60. The van der Waals surface area contributed by atoms with Crippen molar-refractivity contribution in [1.82, 2.24) is 0 Å². The molecular formula is C13H17BrClNO. The van der Waals surface area contributed by atoms with Crippen LogP contribution in [0.15, 0.2) is 22.7 Å². The lowest BCUT2D eigenvalue weighted by Gasteiger charge is -2.30. The van der Waals surface area contributed by atoms with E-state index in [-0.39, 0.29) is 0 Å². The highest BCUT2D eigenvalue weighted by atomic mass is 79.9. The molecule has 0 spiro atoms. The average Bonchev–Trinajstić information content (AvgIpc) is 2.34. The molecule has 0 bridgehead atoms. The predicted octanol–water partition coefficient (Wildman–Crippen LogP) is 4.47. The Bertz CT molecular complexity index is 386. The third-order valence-corrected chi connectivity index (χ3v) is 4.33. The van der Waals surface area contributed by atoms with Gasteiger partial charge < -0.3 is 10.1 Å². The number of hydrogen-bond donors (Lipinski definition) is 1. The van der Waals surface area contributed by atoms with Gasteiger partial charge in [0.25, 0.3) is 0 Å². The van der Waals surface area contributed by atoms with Crippen molar-refractivity contribution in [2.75, 3.05) is 11.9 Å². The molecule has 1 aromatic rings. The Morgan fingerprint density at radius 3 is 3.06 bits per heavy atom. The van der Waals surface area contributed by atoms with Gasteiger partial charge in [0.15, 0.2) is 0 Å². The summed E-state index contributed by atoms with van der Waals surface area (Å²) in [5, 5.41) is 4.29. The van der Waals surface area contributed by atoms with Gasteiger partial charge in [-0.15, -0.1) is 0 Å². The standard InChI is InChI=1S/C13H17BrClNO/c1-2-11-7-10(5-6-17-11)16-9-3-4-13(15)12(14)8-9/h3-4,8,10-11,16H,2,5-7H2,1H3. The SMILES string of the molecule is CCC1CC(Nc2ccc(Cl)c(Br)c2)CCO1. The molecule has 4 heteroatoms. The number of anilines is 1. The summed E-state index contributed by atoms with van der Waals surface area (Å²) in [6, 6.07) is 6.45. The van der Waals surface area contributed by atoms with Crippen LogP contribution in [-0.4, -0.2) is 18.8 Å². The molecular weight excluding hydrogens is 302 g/mol. The Morgan fingerprint density at radius 2 is 2.35 bits per heavy atom. The Hall–Kier alpha value is -0.250. The second-order valence-electron chi connectivity index (χ2n) is 4.40. The van der Waals surface area contributed by atoms with Gasteiger partial charge >= 0.3 is 0 Å². The van der Waals surface area contributed by atoms with E-state index >= 15 is 0 Å². The van der Waals surface area contributed by atoms with Crippen LogP contribution in [0.4, 0.5) is 5.69 Å². The summed E-state index contributed by atoms with van der Waals surface area (Å²) in [6.45, 7) is 3.02. The first-order valence-corrected chi connectivity index (χ1v) is 7.19. The number of rotatable bonds is 3. The van der Waals surface area contributed by atoms with Crippen LogP contribution in [0, 0.1) is 0 Å². The molecule has 1 saturated heterocycles. The van der Waals surface area contributed by atoms with Crippen LogP contribution in [-0.2, 0) is 4.74 Å². The molecule has 2 rings (SSSR count). The first-order valence-electron chi connectivity index (χ1n) is 6.02. The topological polar surface area (TPSA) is 21.3 Å². The van der Waals surface area contributed by atoms with Crippen LogP contribution in [0.1, 0.15) is 26.2 Å². The molecule has 17 heavy (non-hydrogen) atoms. The van der Waals surface area contributed by atoms with E-state index in [1.54, 1.807) is 0 Å². The van der Waals surface area contributed by atoms with Crippen LogP contribution in [0.2, 0.25) is 5.02 Å². The summed E-state index contributed by atoms with van der Waals surface area (Å²) in [7, 11) is 0. The minimum atomic E-state index is 0.400. The number of halogens is 2. The summed E-state index contributed by atoms with van der Waals surface area (Å²) in [6.07, 6.45) is 3.63. The van der Waals surface area contributed by atoms with Crippen molar-refractivity contribution in [3.8, 4) is 0 Å². The predicted molar refractivity (Wildman–Crippen MR) is 75.8 cm³/mol. The second-order valence-corrected chi connectivity index (χ2v) is 5.66. The van der Waals surface area contributed by atoms with Crippen molar-refractivity contribution in [1.29, 1.82) is 0 Å². The van der Waals surface area contributed by atoms with Gasteiger partial charge in [0.1, 0.15) is 0 Å². The third-order valence-electron chi connectivity index (χ3n) is 3.11. The Morgan fingerprint density at radius 1 is 1.53 bits per heavy atom. The molecule has 2 nitrogen and oxygen atoms in total. The summed E-state index contributed by atoms with van der Waals surface area (Å²) in [5.74, 6) is 0. The highest BCUT2D eigenvalue weighted by Crippen LogP contribution is 2.27. The lowest BCUT2D eigenvalue weighted by molar-refractivity contribution is 0.00926. The number of nitrogens with one attached hydrogen (secondary N) is 1. The molecule has 1 fully saturated rings. The smallest absolute Gasteiger partial charge is 0.0592 e. The van der Waals surface area contributed by atoms with Crippen molar-refractivity contribution in [2.45, 2.75) is 38.3 Å². The molecule has 94 valence electrons. The molecule has 1 heterocycles. The van der Waals surface area contributed by atoms with E-state index in [0.29, 0.717) is 12.1 Å². The van der Waals surface area contributed by atoms with E-state index in [9.17, 15) is 0 Å². The van der Waals surface area contributed by atoms with Crippen molar-refractivity contribution >= 4 is 33.2 Å². The highest BCUT2D eigenvalue weighted by Gasteiger charge is 2.21. The van der Waals surface area contributed by atoms with Gasteiger partial charge in [0, 0.05) is 22.8 Å². The van der Waals surface area contributed by atoms with Crippen molar-refractivity contribution < 1.29 is 4.74 Å². The lowest BCUT2D eigenvalue weighted by atomic mass is 10.0. The van der Waals surface area contributed by atoms with Gasteiger partial charge in [0.05, 0.1) is 11.1 Å². The largest absolute Gasteiger partial charge is 0.382 e. The van der Waals surface area contributed by atoms with Gasteiger partial charge in [-0.05, 0) is 53.4 Å². The van der Waals surface area contributed by atoms with Crippen LogP contribution in [0.3, 0.4) is 0 Å². The quantitative estimate of drug-likeness (QED) is 0.887. The molecule has 1 aliphatic heterocycles. The fourth-order valence-electron chi connectivity index (χ4n) is 2.12. The molecule has 2 unspecified atom stereocenters. The molecule has 2 atom stereocenters. The Balaban J connectivity index is 1.97. The molecule has 1 aliphatic rings. The molecule has 0 aliphatic carbocycles. The van der Waals surface area contributed by atoms with E-state index in [4.69, 9.17) is 16.3 Å². The van der Waals surface area contributed by atoms with Crippen molar-refractivity contribution in [3.63, 3.8) is 0 Å². The van der Waals surface area contributed by atoms with Crippen LogP contribution in [0.25, 0.3) is 0 Å². The Labute approximate surface area is 116 Å². The zero-order valence-electron chi connectivity index (χ0n) is 9.88. The van der Waals surface area contributed by atoms with Crippen LogP contribution in [0.5, 0.6) is 0 Å². The molecule has 0 radical (unpaired) electrons. The van der Waals surface area contributed by atoms with Gasteiger partial charge in [-0.2, -0.15) is 0 Å². The van der Waals surface area contributed by atoms with Crippen molar-refractivity contribution in [2.24, 2.45) is 0 Å². The van der Waals surface area contributed by atoms with Gasteiger partial charge in [-0.3, -0.25) is 0 Å². The summed E-state index contributed by atoms with van der Waals surface area (Å²) in [5.41, 5.74) is 1.11. The van der Waals surface area contributed by atoms with E-state index in [0.717, 1.165) is 41.1 Å². The first kappa shape index (κ1) is 13.2. The minimum Gasteiger partial charge on any atom is -0.382 e. The van der Waals surface area contributed by atoms with E-state index < -0.39 is 0 Å². The van der Waals surface area contributed by atoms with E-state index in [1.807, 2.05) is 18.2 Å². The molecule has 1 aromatic carbocycles. The zero-order chi connectivity index (χ0) is 12.3.